The van der Waals surface area contributed by atoms with Crippen LogP contribution in [0.15, 0.2) is 60.8 Å². The van der Waals surface area contributed by atoms with Crippen LogP contribution in [0, 0.1) is 0 Å². The van der Waals surface area contributed by atoms with Gasteiger partial charge < -0.3 is 20.2 Å². The van der Waals surface area contributed by atoms with Gasteiger partial charge in [-0.25, -0.2) is 9.59 Å². The van der Waals surface area contributed by atoms with Gasteiger partial charge in [0, 0.05) is 28.0 Å². The molecule has 0 aliphatic carbocycles. The fraction of sp³-hybridized carbons (Fsp3) is 0. The second kappa shape index (κ2) is 6.29. The van der Waals surface area contributed by atoms with Crippen LogP contribution in [0.3, 0.4) is 0 Å². The molecule has 0 aliphatic rings. The average Bonchev–Trinajstić information content (AvgIpc) is 3.19. The molecule has 6 nitrogen and oxygen atoms in total. The van der Waals surface area contributed by atoms with E-state index in [-0.39, 0.29) is 5.69 Å². The molecule has 4 N–H and O–H groups in total. The molecule has 0 atom stereocenters. The standard InChI is InChI=1S/2C9H7NO2/c11-9(12)7-5-10-8-4-2-1-3-6(7)8;11-9(12)8-5-6-3-1-2-4-7(6)10-8/h2*1-5,10H,(H,11,12). The van der Waals surface area contributed by atoms with E-state index in [4.69, 9.17) is 10.2 Å². The van der Waals surface area contributed by atoms with Gasteiger partial charge in [0.05, 0.1) is 5.56 Å². The number of fused-ring (bicyclic) bond motifs is 2. The lowest BCUT2D eigenvalue weighted by atomic mass is 10.2. The number of H-pyrrole nitrogens is 2. The number of para-hydroxylation sites is 2. The van der Waals surface area contributed by atoms with Crippen molar-refractivity contribution in [2.24, 2.45) is 0 Å². The van der Waals surface area contributed by atoms with Crippen LogP contribution in [0.4, 0.5) is 0 Å². The number of hydrogen-bond donors (Lipinski definition) is 4. The van der Waals surface area contributed by atoms with Crippen LogP contribution in [0.5, 0.6) is 0 Å². The van der Waals surface area contributed by atoms with E-state index in [0.717, 1.165) is 21.8 Å². The van der Waals surface area contributed by atoms with Crippen LogP contribution in [-0.2, 0) is 0 Å². The number of benzene rings is 2. The Kier molecular flexibility index (Phi) is 4.03. The molecule has 0 saturated heterocycles. The summed E-state index contributed by atoms with van der Waals surface area (Å²) < 4.78 is 0. The first-order valence-corrected chi connectivity index (χ1v) is 7.16. The highest BCUT2D eigenvalue weighted by Crippen LogP contribution is 2.17. The fourth-order valence-corrected chi connectivity index (χ4v) is 2.44. The summed E-state index contributed by atoms with van der Waals surface area (Å²) in [5.41, 5.74) is 2.27. The van der Waals surface area contributed by atoms with E-state index in [1.807, 2.05) is 42.5 Å². The molecule has 0 bridgehead atoms. The number of aromatic carboxylic acids is 2. The van der Waals surface area contributed by atoms with Crippen LogP contribution in [0.25, 0.3) is 21.8 Å². The van der Waals surface area contributed by atoms with Gasteiger partial charge in [0.15, 0.2) is 0 Å². The molecule has 0 fully saturated rings. The molecule has 2 aromatic carbocycles. The van der Waals surface area contributed by atoms with Crippen molar-refractivity contribution in [2.45, 2.75) is 0 Å². The number of nitrogens with one attached hydrogen (secondary N) is 2. The monoisotopic (exact) mass is 322 g/mol. The van der Waals surface area contributed by atoms with E-state index < -0.39 is 11.9 Å². The Bertz CT molecular complexity index is 988. The molecule has 0 aliphatic heterocycles. The third-order valence-electron chi connectivity index (χ3n) is 3.58. The molecule has 6 heteroatoms. The molecule has 120 valence electrons. The molecule has 24 heavy (non-hydrogen) atoms. The van der Waals surface area contributed by atoms with E-state index in [9.17, 15) is 9.59 Å². The van der Waals surface area contributed by atoms with Crippen LogP contribution in [-0.4, -0.2) is 32.1 Å². The van der Waals surface area contributed by atoms with Crippen molar-refractivity contribution in [3.05, 3.63) is 72.1 Å². The molecular weight excluding hydrogens is 308 g/mol. The number of carboxylic acids is 2. The third kappa shape index (κ3) is 2.98. The molecule has 4 aromatic rings. The molecule has 0 amide bonds. The van der Waals surface area contributed by atoms with Crippen molar-refractivity contribution in [1.29, 1.82) is 0 Å². The van der Waals surface area contributed by atoms with Crippen molar-refractivity contribution in [3.8, 4) is 0 Å². The van der Waals surface area contributed by atoms with Crippen LogP contribution in [0.1, 0.15) is 20.8 Å². The minimum Gasteiger partial charge on any atom is -0.478 e. The van der Waals surface area contributed by atoms with Gasteiger partial charge in [0.2, 0.25) is 0 Å². The van der Waals surface area contributed by atoms with Crippen molar-refractivity contribution < 1.29 is 19.8 Å². The summed E-state index contributed by atoms with van der Waals surface area (Å²) in [6.07, 6.45) is 1.51. The minimum absolute atomic E-state index is 0.233. The van der Waals surface area contributed by atoms with E-state index in [1.54, 1.807) is 12.1 Å². The largest absolute Gasteiger partial charge is 0.478 e. The minimum atomic E-state index is -0.925. The first kappa shape index (κ1) is 15.4. The lowest BCUT2D eigenvalue weighted by Crippen LogP contribution is -1.94. The lowest BCUT2D eigenvalue weighted by Gasteiger charge is -1.89. The zero-order valence-electron chi connectivity index (χ0n) is 12.5. The highest BCUT2D eigenvalue weighted by molar-refractivity contribution is 6.03. The van der Waals surface area contributed by atoms with Crippen LogP contribution in [0.2, 0.25) is 0 Å². The lowest BCUT2D eigenvalue weighted by molar-refractivity contribution is 0.0684. The van der Waals surface area contributed by atoms with E-state index in [0.29, 0.717) is 5.56 Å². The first-order valence-electron chi connectivity index (χ1n) is 7.16. The summed E-state index contributed by atoms with van der Waals surface area (Å²) in [7, 11) is 0. The topological polar surface area (TPSA) is 106 Å². The van der Waals surface area contributed by atoms with Gasteiger partial charge in [-0.1, -0.05) is 36.4 Å². The number of aromatic amines is 2. The van der Waals surface area contributed by atoms with Crippen LogP contribution < -0.4 is 0 Å². The number of aromatic nitrogens is 2. The highest BCUT2D eigenvalue weighted by Gasteiger charge is 2.08. The van der Waals surface area contributed by atoms with E-state index in [2.05, 4.69) is 9.97 Å². The van der Waals surface area contributed by atoms with Gasteiger partial charge >= 0.3 is 11.9 Å². The van der Waals surface area contributed by atoms with E-state index >= 15 is 0 Å². The van der Waals surface area contributed by atoms with E-state index in [1.165, 1.54) is 6.20 Å². The average molecular weight is 322 g/mol. The Morgan fingerprint density at radius 1 is 0.833 bits per heavy atom. The molecule has 0 saturated carbocycles. The summed E-state index contributed by atoms with van der Waals surface area (Å²) in [5.74, 6) is -1.82. The number of carboxylic acid groups (broad SMARTS) is 2. The predicted molar refractivity (Wildman–Crippen MR) is 90.5 cm³/mol. The summed E-state index contributed by atoms with van der Waals surface area (Å²) in [6, 6.07) is 16.4. The molecule has 0 radical (unpaired) electrons. The maximum absolute atomic E-state index is 10.7. The summed E-state index contributed by atoms with van der Waals surface area (Å²) in [4.78, 5) is 26.9. The van der Waals surface area contributed by atoms with Crippen molar-refractivity contribution in [2.75, 3.05) is 0 Å². The second-order valence-electron chi connectivity index (χ2n) is 5.13. The Morgan fingerprint density at radius 2 is 1.50 bits per heavy atom. The maximum atomic E-state index is 10.7. The zero-order chi connectivity index (χ0) is 17.1. The van der Waals surface area contributed by atoms with Crippen molar-refractivity contribution in [1.82, 2.24) is 9.97 Å². The maximum Gasteiger partial charge on any atom is 0.352 e. The van der Waals surface area contributed by atoms with Gasteiger partial charge in [0.1, 0.15) is 5.69 Å². The molecule has 2 aromatic heterocycles. The summed E-state index contributed by atoms with van der Waals surface area (Å²) in [6.45, 7) is 0. The SMILES string of the molecule is O=C(O)c1c[nH]c2ccccc12.O=C(O)c1cc2ccccc2[nH]1. The molecule has 0 spiro atoms. The van der Waals surface area contributed by atoms with Crippen LogP contribution >= 0.6 is 0 Å². The Balaban J connectivity index is 0.000000141. The molecule has 4 rings (SSSR count). The molecule has 0 unspecified atom stereocenters. The van der Waals surface area contributed by atoms with Crippen molar-refractivity contribution in [3.63, 3.8) is 0 Å². The van der Waals surface area contributed by atoms with Gasteiger partial charge in [-0.05, 0) is 18.2 Å². The Labute approximate surface area is 136 Å². The molecule has 2 heterocycles. The number of carbonyl (C=O) groups is 2. The first-order chi connectivity index (χ1) is 11.6. The van der Waals surface area contributed by atoms with Crippen molar-refractivity contribution >= 4 is 33.7 Å². The van der Waals surface area contributed by atoms with Gasteiger partial charge in [-0.15, -0.1) is 0 Å². The van der Waals surface area contributed by atoms with Gasteiger partial charge in [0.25, 0.3) is 0 Å². The highest BCUT2D eigenvalue weighted by atomic mass is 16.4. The van der Waals surface area contributed by atoms with Gasteiger partial charge in [-0.3, -0.25) is 0 Å². The quantitative estimate of drug-likeness (QED) is 0.451. The molecular formula is C18H14N2O4. The smallest absolute Gasteiger partial charge is 0.352 e. The summed E-state index contributed by atoms with van der Waals surface area (Å²) in [5, 5.41) is 19.1. The number of hydrogen-bond acceptors (Lipinski definition) is 2. The normalized spacial score (nSPS) is 10.3. The zero-order valence-corrected chi connectivity index (χ0v) is 12.5. The second-order valence-corrected chi connectivity index (χ2v) is 5.13. The Morgan fingerprint density at radius 3 is 2.17 bits per heavy atom. The third-order valence-corrected chi connectivity index (χ3v) is 3.58. The number of rotatable bonds is 2. The van der Waals surface area contributed by atoms with Gasteiger partial charge in [-0.2, -0.15) is 0 Å². The Hall–Kier alpha value is -3.54. The summed E-state index contributed by atoms with van der Waals surface area (Å²) >= 11 is 0. The predicted octanol–water partition coefficient (Wildman–Crippen LogP) is 3.73. The fourth-order valence-electron chi connectivity index (χ4n) is 2.44.